The van der Waals surface area contributed by atoms with E-state index in [2.05, 4.69) is 38.9 Å². The summed E-state index contributed by atoms with van der Waals surface area (Å²) in [6.45, 7) is 11.2. The minimum Gasteiger partial charge on any atom is -0.494 e. The van der Waals surface area contributed by atoms with Crippen molar-refractivity contribution in [1.82, 2.24) is 0 Å². The number of non-ortho nitro benzene ring substituents is 1. The zero-order valence-electron chi connectivity index (χ0n) is 28.0. The number of benzene rings is 3. The first-order valence-corrected chi connectivity index (χ1v) is 16.2. The van der Waals surface area contributed by atoms with Crippen molar-refractivity contribution in [3.8, 4) is 5.75 Å². The number of methoxy groups -OCH3 is 1. The van der Waals surface area contributed by atoms with E-state index in [9.17, 15) is 14.9 Å². The highest BCUT2D eigenvalue weighted by Gasteiger charge is 2.11. The number of carbonyl (C=O) groups excluding carboxylic acids is 1. The van der Waals surface area contributed by atoms with E-state index in [4.69, 9.17) is 9.47 Å². The zero-order valence-corrected chi connectivity index (χ0v) is 28.0. The van der Waals surface area contributed by atoms with E-state index >= 15 is 0 Å². The van der Waals surface area contributed by atoms with E-state index in [-0.39, 0.29) is 18.3 Å². The number of rotatable bonds is 20. The largest absolute Gasteiger partial charge is 0.494 e. The van der Waals surface area contributed by atoms with E-state index in [0.29, 0.717) is 40.6 Å². The van der Waals surface area contributed by atoms with Crippen LogP contribution in [-0.2, 0) is 9.53 Å². The first-order chi connectivity index (χ1) is 22.7. The number of anilines is 1. The Morgan fingerprint density at radius 2 is 1.40 bits per heavy atom. The minimum atomic E-state index is -0.460. The molecule has 0 aromatic heterocycles. The Labute approximate surface area is 277 Å². The van der Waals surface area contributed by atoms with Crippen LogP contribution in [0, 0.1) is 17.0 Å². The molecule has 250 valence electrons. The number of unbranched alkanes of at least 4 members (excludes halogenated alkanes) is 7. The molecular weight excluding hydrogens is 596 g/mol. The van der Waals surface area contributed by atoms with Crippen LogP contribution in [0.1, 0.15) is 70.8 Å². The van der Waals surface area contributed by atoms with E-state index in [0.717, 1.165) is 24.2 Å². The van der Waals surface area contributed by atoms with Crippen LogP contribution in [0.25, 0.3) is 0 Å². The Hall–Kier alpha value is -4.93. The van der Waals surface area contributed by atoms with E-state index in [1.165, 1.54) is 69.2 Å². The van der Waals surface area contributed by atoms with Gasteiger partial charge in [0.05, 0.1) is 35.6 Å². The van der Waals surface area contributed by atoms with Crippen molar-refractivity contribution in [3.05, 3.63) is 88.5 Å². The van der Waals surface area contributed by atoms with E-state index in [1.807, 2.05) is 37.3 Å². The summed E-state index contributed by atoms with van der Waals surface area (Å²) < 4.78 is 10.9. The van der Waals surface area contributed by atoms with Gasteiger partial charge in [-0.15, -0.1) is 5.11 Å². The van der Waals surface area contributed by atoms with Crippen molar-refractivity contribution in [2.75, 3.05) is 31.7 Å². The number of azo groups is 2. The third kappa shape index (κ3) is 12.4. The van der Waals surface area contributed by atoms with Crippen LogP contribution in [0.5, 0.6) is 5.75 Å². The van der Waals surface area contributed by atoms with Crippen LogP contribution in [-0.4, -0.2) is 37.7 Å². The van der Waals surface area contributed by atoms with Gasteiger partial charge in [-0.2, -0.15) is 15.3 Å². The second-order valence-corrected chi connectivity index (χ2v) is 11.4. The summed E-state index contributed by atoms with van der Waals surface area (Å²) >= 11 is 0. The van der Waals surface area contributed by atoms with Gasteiger partial charge in [0, 0.05) is 36.0 Å². The Balaban J connectivity index is 1.66. The fraction of sp³-hybridized carbons (Fsp3) is 0.417. The van der Waals surface area contributed by atoms with Crippen molar-refractivity contribution in [1.29, 1.82) is 0 Å². The molecule has 0 aliphatic carbocycles. The van der Waals surface area contributed by atoms with Crippen molar-refractivity contribution >= 4 is 40.1 Å². The van der Waals surface area contributed by atoms with Gasteiger partial charge in [-0.05, 0) is 68.3 Å². The second kappa shape index (κ2) is 19.6. The molecule has 0 fully saturated rings. The number of nitro groups is 1. The molecule has 0 saturated carbocycles. The number of hydrogen-bond donors (Lipinski definition) is 0. The number of nitro benzene ring substituents is 1. The van der Waals surface area contributed by atoms with Gasteiger partial charge in [0.25, 0.3) is 5.69 Å². The number of nitrogens with zero attached hydrogens (tertiary/aromatic N) is 6. The monoisotopic (exact) mass is 642 g/mol. The minimum absolute atomic E-state index is 0.0103. The molecule has 0 aliphatic rings. The molecule has 0 atom stereocenters. The zero-order chi connectivity index (χ0) is 34.0. The van der Waals surface area contributed by atoms with Crippen molar-refractivity contribution < 1.29 is 19.2 Å². The fourth-order valence-electron chi connectivity index (χ4n) is 4.78. The van der Waals surface area contributed by atoms with Crippen LogP contribution < -0.4 is 9.64 Å². The van der Waals surface area contributed by atoms with E-state index < -0.39 is 4.92 Å². The van der Waals surface area contributed by atoms with Gasteiger partial charge in [-0.1, -0.05) is 58.4 Å². The van der Waals surface area contributed by atoms with Crippen LogP contribution in [0.3, 0.4) is 0 Å². The Morgan fingerprint density at radius 1 is 0.830 bits per heavy atom. The van der Waals surface area contributed by atoms with Crippen molar-refractivity contribution in [2.24, 2.45) is 20.5 Å². The maximum atomic E-state index is 11.9. The maximum Gasteiger partial charge on any atom is 0.333 e. The van der Waals surface area contributed by atoms with Gasteiger partial charge < -0.3 is 14.4 Å². The molecule has 0 radical (unpaired) electrons. The highest BCUT2D eigenvalue weighted by Crippen LogP contribution is 2.36. The topological polar surface area (TPSA) is 131 Å². The molecule has 3 rings (SSSR count). The van der Waals surface area contributed by atoms with Gasteiger partial charge in [0.2, 0.25) is 0 Å². The van der Waals surface area contributed by atoms with Gasteiger partial charge in [-0.3, -0.25) is 10.1 Å². The molecule has 3 aromatic carbocycles. The Morgan fingerprint density at radius 3 is 1.98 bits per heavy atom. The lowest BCUT2D eigenvalue weighted by molar-refractivity contribution is -0.384. The normalized spacial score (nSPS) is 11.2. The molecule has 0 unspecified atom stereocenters. The highest BCUT2D eigenvalue weighted by molar-refractivity contribution is 5.86. The molecule has 11 nitrogen and oxygen atoms in total. The lowest BCUT2D eigenvalue weighted by atomic mass is 10.1. The highest BCUT2D eigenvalue weighted by atomic mass is 16.6. The molecule has 11 heteroatoms. The lowest BCUT2D eigenvalue weighted by Crippen LogP contribution is -2.29. The third-order valence-electron chi connectivity index (χ3n) is 7.54. The van der Waals surface area contributed by atoms with Crippen molar-refractivity contribution in [3.63, 3.8) is 0 Å². The summed E-state index contributed by atoms with van der Waals surface area (Å²) in [5.41, 5.74) is 4.50. The molecule has 0 saturated heterocycles. The maximum absolute atomic E-state index is 11.9. The van der Waals surface area contributed by atoms with Crippen LogP contribution in [0.2, 0.25) is 0 Å². The average molecular weight is 643 g/mol. The smallest absolute Gasteiger partial charge is 0.333 e. The summed E-state index contributed by atoms with van der Waals surface area (Å²) in [6.07, 6.45) is 9.92. The van der Waals surface area contributed by atoms with Gasteiger partial charge in [0.1, 0.15) is 18.0 Å². The number of hydrogen-bond acceptors (Lipinski definition) is 10. The van der Waals surface area contributed by atoms with Crippen molar-refractivity contribution in [2.45, 2.75) is 72.1 Å². The summed E-state index contributed by atoms with van der Waals surface area (Å²) in [4.78, 5) is 24.6. The third-order valence-corrected chi connectivity index (χ3v) is 7.54. The predicted octanol–water partition coefficient (Wildman–Crippen LogP) is 10.8. The Kier molecular flexibility index (Phi) is 15.2. The van der Waals surface area contributed by atoms with Gasteiger partial charge in [-0.25, -0.2) is 4.79 Å². The lowest BCUT2D eigenvalue weighted by Gasteiger charge is -2.25. The van der Waals surface area contributed by atoms with E-state index in [1.54, 1.807) is 20.1 Å². The summed E-state index contributed by atoms with van der Waals surface area (Å²) in [5, 5.41) is 28.2. The summed E-state index contributed by atoms with van der Waals surface area (Å²) in [5.74, 6) is 0.105. The van der Waals surface area contributed by atoms with Gasteiger partial charge >= 0.3 is 5.97 Å². The first kappa shape index (κ1) is 36.5. The molecule has 0 N–H and O–H groups in total. The molecule has 3 aromatic rings. The molecule has 0 heterocycles. The number of ether oxygens (including phenoxy) is 2. The van der Waals surface area contributed by atoms with Crippen LogP contribution in [0.4, 0.5) is 34.1 Å². The summed E-state index contributed by atoms with van der Waals surface area (Å²) in [6, 6.07) is 17.2. The van der Waals surface area contributed by atoms with Crippen LogP contribution in [0.15, 0.2) is 93.3 Å². The molecule has 47 heavy (non-hydrogen) atoms. The van der Waals surface area contributed by atoms with Crippen LogP contribution >= 0.6 is 0 Å². The SMILES string of the molecule is C=C(C)C(=O)OCCN(CCCCCCCCCC)c1ccc(/N=N/c2cc(C)c(/N=N/c3ccc([N+](=O)[O-])cc3)cc2OC)cc1. The number of carbonyl (C=O) groups is 1. The first-order valence-electron chi connectivity index (χ1n) is 16.2. The second-order valence-electron chi connectivity index (χ2n) is 11.4. The standard InChI is InChI=1S/C36H46N6O5/c1-6-7-8-9-10-11-12-13-22-41(23-24-47-36(43)27(2)3)31-18-14-29(15-19-31)38-40-34-25-28(4)33(26-35(34)46-5)39-37-30-16-20-32(21-17-30)42(44)45/h14-21,25-26H,2,6-13,22-24H2,1,3-5H3/b39-37+,40-38+. The molecular formula is C36H46N6O5. The molecule has 0 bridgehead atoms. The van der Waals surface area contributed by atoms with Gasteiger partial charge in [0.15, 0.2) is 0 Å². The average Bonchev–Trinajstić information content (AvgIpc) is 3.07. The molecule has 0 amide bonds. The summed E-state index contributed by atoms with van der Waals surface area (Å²) in [7, 11) is 1.55. The Bertz CT molecular complexity index is 1520. The molecule has 0 aliphatic heterocycles. The number of aryl methyl sites for hydroxylation is 1. The predicted molar refractivity (Wildman–Crippen MR) is 186 cm³/mol. The molecule has 0 spiro atoms. The fourth-order valence-corrected chi connectivity index (χ4v) is 4.78. The quantitative estimate of drug-likeness (QED) is 0.0301. The number of esters is 1.